The standard InChI is InChI=1S/C22H21NO5S/c1-27-18-12-14-19(15-13-18)29(25,26)23(16-17-8-4-3-5-9-17)21-11-7-6-10-20(21)22(24)28-2/h3-15H,16H2,1-2H3. The van der Waals surface area contributed by atoms with Crippen LogP contribution in [-0.4, -0.2) is 28.6 Å². The second-order valence-corrected chi connectivity index (χ2v) is 8.04. The zero-order chi connectivity index (χ0) is 20.9. The Kier molecular flexibility index (Phi) is 6.19. The number of benzene rings is 3. The first-order valence-electron chi connectivity index (χ1n) is 8.85. The van der Waals surface area contributed by atoms with Crippen LogP contribution in [0, 0.1) is 0 Å². The van der Waals surface area contributed by atoms with E-state index >= 15 is 0 Å². The molecule has 150 valence electrons. The molecule has 3 rings (SSSR count). The fourth-order valence-electron chi connectivity index (χ4n) is 2.90. The Morgan fingerprint density at radius 2 is 1.48 bits per heavy atom. The van der Waals surface area contributed by atoms with Gasteiger partial charge in [-0.3, -0.25) is 4.31 Å². The molecule has 0 aromatic heterocycles. The summed E-state index contributed by atoms with van der Waals surface area (Å²) in [4.78, 5) is 12.4. The highest BCUT2D eigenvalue weighted by Gasteiger charge is 2.28. The van der Waals surface area contributed by atoms with E-state index in [1.807, 2.05) is 30.3 Å². The molecule has 0 fully saturated rings. The van der Waals surface area contributed by atoms with Crippen LogP contribution in [0.25, 0.3) is 0 Å². The Labute approximate surface area is 170 Å². The molecule has 0 unspecified atom stereocenters. The Morgan fingerprint density at radius 1 is 0.862 bits per heavy atom. The smallest absolute Gasteiger partial charge is 0.340 e. The van der Waals surface area contributed by atoms with Gasteiger partial charge < -0.3 is 9.47 Å². The molecule has 0 aliphatic carbocycles. The number of para-hydroxylation sites is 1. The molecule has 0 aliphatic heterocycles. The monoisotopic (exact) mass is 411 g/mol. The lowest BCUT2D eigenvalue weighted by Crippen LogP contribution is -2.32. The summed E-state index contributed by atoms with van der Waals surface area (Å²) in [6.45, 7) is 0.0587. The number of hydrogen-bond donors (Lipinski definition) is 0. The molecule has 3 aromatic rings. The average molecular weight is 411 g/mol. The van der Waals surface area contributed by atoms with Gasteiger partial charge in [0, 0.05) is 0 Å². The second-order valence-electron chi connectivity index (χ2n) is 6.18. The molecule has 0 saturated heterocycles. The predicted octanol–water partition coefficient (Wildman–Crippen LogP) is 3.88. The van der Waals surface area contributed by atoms with E-state index in [4.69, 9.17) is 9.47 Å². The minimum absolute atomic E-state index is 0.0587. The quantitative estimate of drug-likeness (QED) is 0.552. The molecule has 29 heavy (non-hydrogen) atoms. The summed E-state index contributed by atoms with van der Waals surface area (Å²) in [5.41, 5.74) is 1.20. The number of methoxy groups -OCH3 is 2. The van der Waals surface area contributed by atoms with Crippen molar-refractivity contribution in [2.24, 2.45) is 0 Å². The van der Waals surface area contributed by atoms with Crippen molar-refractivity contribution in [3.63, 3.8) is 0 Å². The topological polar surface area (TPSA) is 72.9 Å². The third-order valence-corrected chi connectivity index (χ3v) is 6.17. The van der Waals surface area contributed by atoms with Crippen LogP contribution in [0.2, 0.25) is 0 Å². The Morgan fingerprint density at radius 3 is 2.10 bits per heavy atom. The predicted molar refractivity (Wildman–Crippen MR) is 111 cm³/mol. The maximum atomic E-state index is 13.5. The number of sulfonamides is 1. The summed E-state index contributed by atoms with van der Waals surface area (Å²) in [5, 5.41) is 0. The van der Waals surface area contributed by atoms with Gasteiger partial charge in [0.15, 0.2) is 0 Å². The average Bonchev–Trinajstić information content (AvgIpc) is 2.77. The first-order chi connectivity index (χ1) is 14.0. The van der Waals surface area contributed by atoms with E-state index in [9.17, 15) is 13.2 Å². The highest BCUT2D eigenvalue weighted by atomic mass is 32.2. The van der Waals surface area contributed by atoms with Crippen molar-refractivity contribution in [1.29, 1.82) is 0 Å². The van der Waals surface area contributed by atoms with Crippen LogP contribution in [0.15, 0.2) is 83.8 Å². The summed E-state index contributed by atoms with van der Waals surface area (Å²) in [6, 6.07) is 21.8. The largest absolute Gasteiger partial charge is 0.497 e. The second kappa shape index (κ2) is 8.79. The van der Waals surface area contributed by atoms with Gasteiger partial charge in [0.2, 0.25) is 0 Å². The Hall–Kier alpha value is -3.32. The van der Waals surface area contributed by atoms with E-state index in [0.29, 0.717) is 5.75 Å². The molecule has 3 aromatic carbocycles. The number of nitrogens with zero attached hydrogens (tertiary/aromatic N) is 1. The molecular formula is C22H21NO5S. The van der Waals surface area contributed by atoms with Crippen molar-refractivity contribution in [3.8, 4) is 5.75 Å². The normalized spacial score (nSPS) is 11.0. The van der Waals surface area contributed by atoms with Crippen LogP contribution < -0.4 is 9.04 Å². The first-order valence-corrected chi connectivity index (χ1v) is 10.3. The summed E-state index contributed by atoms with van der Waals surface area (Å²) >= 11 is 0. The summed E-state index contributed by atoms with van der Waals surface area (Å²) in [5.74, 6) is -0.0582. The molecule has 0 atom stereocenters. The van der Waals surface area contributed by atoms with Gasteiger partial charge in [0.25, 0.3) is 10.0 Å². The maximum absolute atomic E-state index is 13.5. The maximum Gasteiger partial charge on any atom is 0.340 e. The minimum Gasteiger partial charge on any atom is -0.497 e. The van der Waals surface area contributed by atoms with Crippen molar-refractivity contribution >= 4 is 21.7 Å². The molecule has 0 spiro atoms. The number of carbonyl (C=O) groups is 1. The number of rotatable bonds is 7. The molecule has 7 heteroatoms. The highest BCUT2D eigenvalue weighted by Crippen LogP contribution is 2.30. The van der Waals surface area contributed by atoms with Gasteiger partial charge >= 0.3 is 5.97 Å². The van der Waals surface area contributed by atoms with Crippen molar-refractivity contribution in [2.45, 2.75) is 11.4 Å². The molecule has 0 N–H and O–H groups in total. The number of esters is 1. The fraction of sp³-hybridized carbons (Fsp3) is 0.136. The van der Waals surface area contributed by atoms with Crippen LogP contribution in [0.1, 0.15) is 15.9 Å². The molecule has 0 amide bonds. The van der Waals surface area contributed by atoms with Gasteiger partial charge in [0.05, 0.1) is 36.9 Å². The van der Waals surface area contributed by atoms with Gasteiger partial charge in [-0.25, -0.2) is 13.2 Å². The van der Waals surface area contributed by atoms with Gasteiger partial charge in [-0.05, 0) is 42.0 Å². The lowest BCUT2D eigenvalue weighted by molar-refractivity contribution is 0.0601. The van der Waals surface area contributed by atoms with Gasteiger partial charge in [-0.1, -0.05) is 42.5 Å². The van der Waals surface area contributed by atoms with Gasteiger partial charge in [-0.15, -0.1) is 0 Å². The zero-order valence-corrected chi connectivity index (χ0v) is 16.9. The van der Waals surface area contributed by atoms with E-state index in [-0.39, 0.29) is 22.7 Å². The SMILES string of the molecule is COC(=O)c1ccccc1N(Cc1ccccc1)S(=O)(=O)c1ccc(OC)cc1. The van der Waals surface area contributed by atoms with Crippen molar-refractivity contribution in [2.75, 3.05) is 18.5 Å². The van der Waals surface area contributed by atoms with E-state index < -0.39 is 16.0 Å². The summed E-state index contributed by atoms with van der Waals surface area (Å²) in [7, 11) is -1.20. The molecule has 0 saturated carbocycles. The van der Waals surface area contributed by atoms with Crippen LogP contribution in [-0.2, 0) is 21.3 Å². The van der Waals surface area contributed by atoms with Crippen LogP contribution in [0.4, 0.5) is 5.69 Å². The third kappa shape index (κ3) is 4.41. The highest BCUT2D eigenvalue weighted by molar-refractivity contribution is 7.92. The van der Waals surface area contributed by atoms with Gasteiger partial charge in [0.1, 0.15) is 5.75 Å². The molecule has 0 heterocycles. The minimum atomic E-state index is -3.97. The fourth-order valence-corrected chi connectivity index (χ4v) is 4.37. The molecular weight excluding hydrogens is 390 g/mol. The van der Waals surface area contributed by atoms with Gasteiger partial charge in [-0.2, -0.15) is 0 Å². The van der Waals surface area contributed by atoms with Crippen molar-refractivity contribution in [1.82, 2.24) is 0 Å². The number of hydrogen-bond acceptors (Lipinski definition) is 5. The molecule has 0 radical (unpaired) electrons. The number of carbonyl (C=O) groups excluding carboxylic acids is 1. The Balaban J connectivity index is 2.14. The zero-order valence-electron chi connectivity index (χ0n) is 16.1. The summed E-state index contributed by atoms with van der Waals surface area (Å²) in [6.07, 6.45) is 0. The third-order valence-electron chi connectivity index (χ3n) is 4.39. The lowest BCUT2D eigenvalue weighted by Gasteiger charge is -2.26. The van der Waals surface area contributed by atoms with E-state index in [1.165, 1.54) is 30.7 Å². The van der Waals surface area contributed by atoms with E-state index in [0.717, 1.165) is 5.56 Å². The van der Waals surface area contributed by atoms with Crippen LogP contribution in [0.5, 0.6) is 5.75 Å². The number of anilines is 1. The van der Waals surface area contributed by atoms with E-state index in [1.54, 1.807) is 36.4 Å². The Bertz CT molecular complexity index is 1080. The van der Waals surface area contributed by atoms with Crippen LogP contribution >= 0.6 is 0 Å². The van der Waals surface area contributed by atoms with Crippen molar-refractivity contribution < 1.29 is 22.7 Å². The number of ether oxygens (including phenoxy) is 2. The molecule has 0 aliphatic rings. The molecule has 6 nitrogen and oxygen atoms in total. The van der Waals surface area contributed by atoms with Crippen molar-refractivity contribution in [3.05, 3.63) is 90.0 Å². The lowest BCUT2D eigenvalue weighted by atomic mass is 10.1. The van der Waals surface area contributed by atoms with E-state index in [2.05, 4.69) is 0 Å². The molecule has 0 bridgehead atoms. The van der Waals surface area contributed by atoms with Crippen LogP contribution in [0.3, 0.4) is 0 Å². The first kappa shape index (κ1) is 20.4. The summed E-state index contributed by atoms with van der Waals surface area (Å²) < 4.78 is 38.3.